The molecular weight excluding hydrogens is 244 g/mol. The van der Waals surface area contributed by atoms with Crippen LogP contribution in [-0.4, -0.2) is 27.9 Å². The van der Waals surface area contributed by atoms with E-state index in [2.05, 4.69) is 15.2 Å². The quantitative estimate of drug-likeness (QED) is 0.759. The van der Waals surface area contributed by atoms with Crippen LogP contribution >= 0.6 is 11.6 Å². The Morgan fingerprint density at radius 2 is 2.18 bits per heavy atom. The van der Waals surface area contributed by atoms with Crippen molar-refractivity contribution in [2.75, 3.05) is 6.79 Å². The highest BCUT2D eigenvalue weighted by molar-refractivity contribution is 6.33. The number of aromatic nitrogens is 3. The molecule has 0 atom stereocenters. The zero-order chi connectivity index (χ0) is 11.7. The van der Waals surface area contributed by atoms with E-state index < -0.39 is 0 Å². The average molecular weight is 251 g/mol. The predicted octanol–water partition coefficient (Wildman–Crippen LogP) is 1.54. The third-order valence-corrected chi connectivity index (χ3v) is 2.54. The van der Waals surface area contributed by atoms with Gasteiger partial charge in [0.25, 0.3) is 0 Å². The second-order valence-electron chi connectivity index (χ2n) is 3.29. The maximum atomic E-state index is 6.08. The minimum atomic E-state index is 0.218. The van der Waals surface area contributed by atoms with Gasteiger partial charge in [-0.15, -0.1) is 9.89 Å². The molecule has 1 aromatic heterocycles. The van der Waals surface area contributed by atoms with Crippen LogP contribution in [0.3, 0.4) is 0 Å². The van der Waals surface area contributed by atoms with Gasteiger partial charge in [-0.2, -0.15) is 5.10 Å². The van der Waals surface area contributed by atoms with Gasteiger partial charge in [-0.3, -0.25) is 0 Å². The molecule has 2 heterocycles. The van der Waals surface area contributed by atoms with Crippen molar-refractivity contribution in [3.63, 3.8) is 0 Å². The zero-order valence-electron chi connectivity index (χ0n) is 8.58. The molecule has 0 spiro atoms. The average Bonchev–Trinajstić information content (AvgIpc) is 2.95. The monoisotopic (exact) mass is 250 g/mol. The van der Waals surface area contributed by atoms with Crippen molar-refractivity contribution in [2.45, 2.75) is 0 Å². The van der Waals surface area contributed by atoms with Crippen molar-refractivity contribution < 1.29 is 9.47 Å². The SMILES string of the molecule is Clc1cc2c(cc1/C=N/n1cncn1)OCO2. The molecule has 0 unspecified atom stereocenters. The summed E-state index contributed by atoms with van der Waals surface area (Å²) in [5, 5.41) is 8.44. The van der Waals surface area contributed by atoms with E-state index in [0.29, 0.717) is 16.5 Å². The largest absolute Gasteiger partial charge is 0.454 e. The lowest BCUT2D eigenvalue weighted by molar-refractivity contribution is 0.174. The van der Waals surface area contributed by atoms with Crippen LogP contribution in [0.2, 0.25) is 5.02 Å². The fourth-order valence-electron chi connectivity index (χ4n) is 1.41. The van der Waals surface area contributed by atoms with E-state index in [1.54, 1.807) is 18.3 Å². The van der Waals surface area contributed by atoms with E-state index in [-0.39, 0.29) is 6.79 Å². The van der Waals surface area contributed by atoms with E-state index >= 15 is 0 Å². The second kappa shape index (κ2) is 4.06. The van der Waals surface area contributed by atoms with Gasteiger partial charge >= 0.3 is 0 Å². The predicted molar refractivity (Wildman–Crippen MR) is 60.6 cm³/mol. The molecule has 0 amide bonds. The number of ether oxygens (including phenoxy) is 2. The molecule has 0 bridgehead atoms. The summed E-state index contributed by atoms with van der Waals surface area (Å²) in [4.78, 5) is 5.11. The summed E-state index contributed by atoms with van der Waals surface area (Å²) in [7, 11) is 0. The molecule has 0 radical (unpaired) electrons. The van der Waals surface area contributed by atoms with Crippen LogP contribution in [0.4, 0.5) is 0 Å². The fourth-order valence-corrected chi connectivity index (χ4v) is 1.62. The molecule has 1 aliphatic rings. The molecule has 1 aliphatic heterocycles. The lowest BCUT2D eigenvalue weighted by Gasteiger charge is -2.00. The van der Waals surface area contributed by atoms with Gasteiger partial charge in [0.15, 0.2) is 11.5 Å². The Morgan fingerprint density at radius 3 is 2.94 bits per heavy atom. The summed E-state index contributed by atoms with van der Waals surface area (Å²) in [6, 6.07) is 3.47. The Balaban J connectivity index is 1.93. The van der Waals surface area contributed by atoms with Crippen LogP contribution < -0.4 is 9.47 Å². The third kappa shape index (κ3) is 1.94. The number of fused-ring (bicyclic) bond motifs is 1. The number of benzene rings is 1. The summed E-state index contributed by atoms with van der Waals surface area (Å²) in [6.07, 6.45) is 4.47. The van der Waals surface area contributed by atoms with Gasteiger partial charge in [0.2, 0.25) is 6.79 Å². The first-order valence-corrected chi connectivity index (χ1v) is 5.19. The van der Waals surface area contributed by atoms with Gasteiger partial charge in [-0.25, -0.2) is 4.98 Å². The molecule has 0 N–H and O–H groups in total. The highest BCUT2D eigenvalue weighted by atomic mass is 35.5. The molecule has 2 aromatic rings. The van der Waals surface area contributed by atoms with Crippen LogP contribution in [0.5, 0.6) is 11.5 Å². The molecule has 0 fully saturated rings. The lowest BCUT2D eigenvalue weighted by Crippen LogP contribution is -1.93. The van der Waals surface area contributed by atoms with E-state index in [0.717, 1.165) is 5.56 Å². The fraction of sp³-hybridized carbons (Fsp3) is 0.100. The zero-order valence-corrected chi connectivity index (χ0v) is 9.33. The summed E-state index contributed by atoms with van der Waals surface area (Å²) >= 11 is 6.08. The molecule has 17 heavy (non-hydrogen) atoms. The van der Waals surface area contributed by atoms with Crippen LogP contribution in [-0.2, 0) is 0 Å². The van der Waals surface area contributed by atoms with Gasteiger partial charge in [0.05, 0.1) is 11.2 Å². The number of hydrogen-bond donors (Lipinski definition) is 0. The summed E-state index contributed by atoms with van der Waals surface area (Å²) in [6.45, 7) is 0.218. The Kier molecular flexibility index (Phi) is 2.41. The Bertz CT molecular complexity index is 568. The minimum Gasteiger partial charge on any atom is -0.454 e. The highest BCUT2D eigenvalue weighted by Gasteiger charge is 2.15. The number of halogens is 1. The summed E-state index contributed by atoms with van der Waals surface area (Å²) in [5.41, 5.74) is 0.728. The van der Waals surface area contributed by atoms with Crippen LogP contribution in [0.25, 0.3) is 0 Å². The van der Waals surface area contributed by atoms with Crippen molar-refractivity contribution in [3.8, 4) is 11.5 Å². The van der Waals surface area contributed by atoms with E-state index in [1.807, 2.05) is 0 Å². The smallest absolute Gasteiger partial charge is 0.231 e. The standard InChI is InChI=1S/C10H7ClN4O2/c11-8-2-10-9(16-6-17-10)1-7(8)3-13-15-5-12-4-14-15/h1-5H,6H2/b13-3+. The van der Waals surface area contributed by atoms with Gasteiger partial charge < -0.3 is 9.47 Å². The van der Waals surface area contributed by atoms with Crippen molar-refractivity contribution in [1.82, 2.24) is 14.9 Å². The van der Waals surface area contributed by atoms with Crippen molar-refractivity contribution >= 4 is 17.8 Å². The maximum absolute atomic E-state index is 6.08. The molecule has 0 aliphatic carbocycles. The Hall–Kier alpha value is -2.08. The summed E-state index contributed by atoms with van der Waals surface area (Å²) < 4.78 is 10.5. The highest BCUT2D eigenvalue weighted by Crippen LogP contribution is 2.36. The number of hydrogen-bond acceptors (Lipinski definition) is 5. The molecule has 7 heteroatoms. The topological polar surface area (TPSA) is 61.5 Å². The molecule has 6 nitrogen and oxygen atoms in total. The molecular formula is C10H7ClN4O2. The van der Waals surface area contributed by atoms with Gasteiger partial charge in [0.1, 0.15) is 12.7 Å². The number of nitrogens with zero attached hydrogens (tertiary/aromatic N) is 4. The van der Waals surface area contributed by atoms with Crippen LogP contribution in [0.15, 0.2) is 29.9 Å². The first-order chi connectivity index (χ1) is 8.33. The van der Waals surface area contributed by atoms with E-state index in [9.17, 15) is 0 Å². The van der Waals surface area contributed by atoms with Gasteiger partial charge in [-0.05, 0) is 6.07 Å². The first kappa shape index (κ1) is 10.1. The van der Waals surface area contributed by atoms with Crippen LogP contribution in [0.1, 0.15) is 5.56 Å². The van der Waals surface area contributed by atoms with E-state index in [1.165, 1.54) is 17.4 Å². The lowest BCUT2D eigenvalue weighted by atomic mass is 10.2. The normalized spacial score (nSPS) is 13.5. The molecule has 0 saturated heterocycles. The number of rotatable bonds is 2. The molecule has 0 saturated carbocycles. The first-order valence-electron chi connectivity index (χ1n) is 4.81. The molecule has 1 aromatic carbocycles. The van der Waals surface area contributed by atoms with Gasteiger partial charge in [0, 0.05) is 11.6 Å². The van der Waals surface area contributed by atoms with Gasteiger partial charge in [-0.1, -0.05) is 11.6 Å². The maximum Gasteiger partial charge on any atom is 0.231 e. The van der Waals surface area contributed by atoms with Crippen molar-refractivity contribution in [1.29, 1.82) is 0 Å². The Labute approximate surface area is 101 Å². The second-order valence-corrected chi connectivity index (χ2v) is 3.69. The van der Waals surface area contributed by atoms with Crippen molar-refractivity contribution in [3.05, 3.63) is 35.4 Å². The Morgan fingerprint density at radius 1 is 1.35 bits per heavy atom. The minimum absolute atomic E-state index is 0.218. The van der Waals surface area contributed by atoms with E-state index in [4.69, 9.17) is 21.1 Å². The van der Waals surface area contributed by atoms with Crippen molar-refractivity contribution in [2.24, 2.45) is 5.10 Å². The van der Waals surface area contributed by atoms with Crippen LogP contribution in [0, 0.1) is 0 Å². The third-order valence-electron chi connectivity index (χ3n) is 2.21. The molecule has 3 rings (SSSR count). The molecule has 86 valence electrons. The summed E-state index contributed by atoms with van der Waals surface area (Å²) in [5.74, 6) is 1.31.